The van der Waals surface area contributed by atoms with Crippen molar-refractivity contribution in [2.75, 3.05) is 7.05 Å². The Labute approximate surface area is 121 Å². The molecule has 0 fully saturated rings. The van der Waals surface area contributed by atoms with E-state index in [4.69, 9.17) is 23.2 Å². The lowest BCUT2D eigenvalue weighted by Gasteiger charge is -2.17. The van der Waals surface area contributed by atoms with Gasteiger partial charge in [-0.3, -0.25) is 0 Å². The molecule has 0 amide bonds. The average molecular weight is 300 g/mol. The van der Waals surface area contributed by atoms with E-state index in [1.165, 1.54) is 0 Å². The normalized spacial score (nSPS) is 14.4. The summed E-state index contributed by atoms with van der Waals surface area (Å²) >= 11 is 12.1. The Morgan fingerprint density at radius 3 is 2.63 bits per heavy atom. The van der Waals surface area contributed by atoms with Crippen LogP contribution in [-0.4, -0.2) is 27.3 Å². The fraction of sp³-hybridized carbons (Fsp3) is 0.417. The number of rotatable bonds is 4. The van der Waals surface area contributed by atoms with Crippen molar-refractivity contribution >= 4 is 23.2 Å². The molecular formula is C12H15Cl2N5. The minimum Gasteiger partial charge on any atom is -0.311 e. The molecule has 1 N–H and O–H groups in total. The standard InChI is InChI=1S/C12H15Cl2N5/c1-7(15-3)12-16-17-18-19(12)8(2)10-5-4-9(13)6-11(10)14/h4-8,15H,1-3H3. The van der Waals surface area contributed by atoms with Gasteiger partial charge in [-0.15, -0.1) is 5.10 Å². The topological polar surface area (TPSA) is 55.6 Å². The molecular weight excluding hydrogens is 285 g/mol. The highest BCUT2D eigenvalue weighted by Gasteiger charge is 2.20. The molecule has 2 aromatic rings. The molecule has 0 bridgehead atoms. The van der Waals surface area contributed by atoms with Crippen LogP contribution in [0, 0.1) is 0 Å². The summed E-state index contributed by atoms with van der Waals surface area (Å²) in [6, 6.07) is 5.42. The summed E-state index contributed by atoms with van der Waals surface area (Å²) < 4.78 is 1.76. The van der Waals surface area contributed by atoms with Crippen LogP contribution in [0.2, 0.25) is 10.0 Å². The highest BCUT2D eigenvalue weighted by molar-refractivity contribution is 6.35. The van der Waals surface area contributed by atoms with Crippen molar-refractivity contribution in [3.05, 3.63) is 39.6 Å². The van der Waals surface area contributed by atoms with Crippen LogP contribution in [0.5, 0.6) is 0 Å². The van der Waals surface area contributed by atoms with Gasteiger partial charge in [-0.25, -0.2) is 4.68 Å². The van der Waals surface area contributed by atoms with Gasteiger partial charge in [-0.1, -0.05) is 29.3 Å². The van der Waals surface area contributed by atoms with E-state index in [9.17, 15) is 0 Å². The summed E-state index contributed by atoms with van der Waals surface area (Å²) in [5.41, 5.74) is 0.933. The predicted octanol–water partition coefficient (Wildman–Crippen LogP) is 2.87. The Morgan fingerprint density at radius 2 is 2.00 bits per heavy atom. The van der Waals surface area contributed by atoms with Crippen LogP contribution < -0.4 is 5.32 Å². The highest BCUT2D eigenvalue weighted by Crippen LogP contribution is 2.29. The molecule has 5 nitrogen and oxygen atoms in total. The van der Waals surface area contributed by atoms with Crippen molar-refractivity contribution in [2.24, 2.45) is 0 Å². The van der Waals surface area contributed by atoms with Gasteiger partial charge in [0.05, 0.1) is 12.1 Å². The number of hydrogen-bond donors (Lipinski definition) is 1. The molecule has 19 heavy (non-hydrogen) atoms. The van der Waals surface area contributed by atoms with E-state index in [-0.39, 0.29) is 12.1 Å². The van der Waals surface area contributed by atoms with E-state index in [1.807, 2.05) is 33.0 Å². The maximum atomic E-state index is 6.23. The maximum Gasteiger partial charge on any atom is 0.168 e. The Morgan fingerprint density at radius 1 is 1.26 bits per heavy atom. The van der Waals surface area contributed by atoms with E-state index in [0.29, 0.717) is 10.0 Å². The molecule has 0 aliphatic carbocycles. The zero-order valence-electron chi connectivity index (χ0n) is 10.9. The molecule has 1 heterocycles. The van der Waals surface area contributed by atoms with Gasteiger partial charge in [0, 0.05) is 10.0 Å². The Balaban J connectivity index is 2.39. The Bertz CT molecular complexity index is 569. The van der Waals surface area contributed by atoms with Gasteiger partial charge in [0.15, 0.2) is 5.82 Å². The van der Waals surface area contributed by atoms with Crippen LogP contribution >= 0.6 is 23.2 Å². The third-order valence-corrected chi connectivity index (χ3v) is 3.68. The van der Waals surface area contributed by atoms with Crippen LogP contribution in [0.25, 0.3) is 0 Å². The van der Waals surface area contributed by atoms with Crippen molar-refractivity contribution in [1.82, 2.24) is 25.5 Å². The van der Waals surface area contributed by atoms with E-state index >= 15 is 0 Å². The smallest absolute Gasteiger partial charge is 0.168 e. The first kappa shape index (κ1) is 14.2. The molecule has 0 spiro atoms. The van der Waals surface area contributed by atoms with Gasteiger partial charge in [-0.05, 0) is 49.0 Å². The second-order valence-electron chi connectivity index (χ2n) is 4.33. The van der Waals surface area contributed by atoms with Crippen molar-refractivity contribution in [3.8, 4) is 0 Å². The lowest BCUT2D eigenvalue weighted by Crippen LogP contribution is -2.21. The van der Waals surface area contributed by atoms with Gasteiger partial charge in [0.25, 0.3) is 0 Å². The summed E-state index contributed by atoms with van der Waals surface area (Å²) in [7, 11) is 1.86. The van der Waals surface area contributed by atoms with Crippen LogP contribution in [0.1, 0.15) is 37.3 Å². The molecule has 0 aliphatic heterocycles. The van der Waals surface area contributed by atoms with Gasteiger partial charge >= 0.3 is 0 Å². The van der Waals surface area contributed by atoms with Gasteiger partial charge < -0.3 is 5.32 Å². The van der Waals surface area contributed by atoms with Crippen molar-refractivity contribution < 1.29 is 0 Å². The molecule has 0 aliphatic rings. The van der Waals surface area contributed by atoms with Crippen molar-refractivity contribution in [1.29, 1.82) is 0 Å². The maximum absolute atomic E-state index is 6.23. The Hall–Kier alpha value is -1.17. The van der Waals surface area contributed by atoms with E-state index in [0.717, 1.165) is 11.4 Å². The number of hydrogen-bond acceptors (Lipinski definition) is 4. The molecule has 7 heteroatoms. The second-order valence-corrected chi connectivity index (χ2v) is 5.18. The van der Waals surface area contributed by atoms with Crippen LogP contribution in [-0.2, 0) is 0 Å². The van der Waals surface area contributed by atoms with Gasteiger partial charge in [0.1, 0.15) is 0 Å². The van der Waals surface area contributed by atoms with Crippen LogP contribution in [0.4, 0.5) is 0 Å². The fourth-order valence-electron chi connectivity index (χ4n) is 1.86. The molecule has 2 atom stereocenters. The average Bonchev–Trinajstić information content (AvgIpc) is 2.86. The molecule has 2 rings (SSSR count). The minimum absolute atomic E-state index is 0.0588. The number of nitrogens with zero attached hydrogens (tertiary/aromatic N) is 4. The first-order valence-corrected chi connectivity index (χ1v) is 6.70. The molecule has 0 radical (unpaired) electrons. The molecule has 2 unspecified atom stereocenters. The van der Waals surface area contributed by atoms with Crippen LogP contribution in [0.15, 0.2) is 18.2 Å². The number of aromatic nitrogens is 4. The highest BCUT2D eigenvalue weighted by atomic mass is 35.5. The van der Waals surface area contributed by atoms with Gasteiger partial charge in [-0.2, -0.15) is 0 Å². The number of benzene rings is 1. The van der Waals surface area contributed by atoms with Crippen LogP contribution in [0.3, 0.4) is 0 Å². The third kappa shape index (κ3) is 2.88. The first-order chi connectivity index (χ1) is 9.04. The van der Waals surface area contributed by atoms with Crippen molar-refractivity contribution in [2.45, 2.75) is 25.9 Å². The van der Waals surface area contributed by atoms with Gasteiger partial charge in [0.2, 0.25) is 0 Å². The largest absolute Gasteiger partial charge is 0.311 e. The summed E-state index contributed by atoms with van der Waals surface area (Å²) in [6.07, 6.45) is 0. The number of nitrogens with one attached hydrogen (secondary N) is 1. The van der Waals surface area contributed by atoms with E-state index < -0.39 is 0 Å². The summed E-state index contributed by atoms with van der Waals surface area (Å²) in [6.45, 7) is 4.00. The van der Waals surface area contributed by atoms with E-state index in [1.54, 1.807) is 10.7 Å². The second kappa shape index (κ2) is 5.86. The molecule has 1 aromatic carbocycles. The lowest BCUT2D eigenvalue weighted by molar-refractivity contribution is 0.482. The number of halogens is 2. The first-order valence-electron chi connectivity index (χ1n) is 5.94. The van der Waals surface area contributed by atoms with Crippen molar-refractivity contribution in [3.63, 3.8) is 0 Å². The molecule has 1 aromatic heterocycles. The minimum atomic E-state index is -0.0643. The third-order valence-electron chi connectivity index (χ3n) is 3.12. The fourth-order valence-corrected chi connectivity index (χ4v) is 2.43. The number of tetrazole rings is 1. The predicted molar refractivity (Wildman–Crippen MR) is 75.6 cm³/mol. The molecule has 0 saturated carbocycles. The zero-order chi connectivity index (χ0) is 14.0. The quantitative estimate of drug-likeness (QED) is 0.943. The van der Waals surface area contributed by atoms with E-state index in [2.05, 4.69) is 20.8 Å². The Kier molecular flexibility index (Phi) is 4.39. The SMILES string of the molecule is CNC(C)c1nnnn1C(C)c1ccc(Cl)cc1Cl. The lowest BCUT2D eigenvalue weighted by atomic mass is 10.1. The summed E-state index contributed by atoms with van der Waals surface area (Å²) in [5, 5.41) is 16.2. The molecule has 102 valence electrons. The zero-order valence-corrected chi connectivity index (χ0v) is 12.4. The monoisotopic (exact) mass is 299 g/mol. The summed E-state index contributed by atoms with van der Waals surface area (Å²) in [5.74, 6) is 0.765. The summed E-state index contributed by atoms with van der Waals surface area (Å²) in [4.78, 5) is 0. The molecule has 0 saturated heterocycles.